The van der Waals surface area contributed by atoms with Crippen molar-refractivity contribution >= 4 is 115 Å². The molecule has 10 heteroatoms. The van der Waals surface area contributed by atoms with Crippen molar-refractivity contribution in [1.29, 1.82) is 5.26 Å². The van der Waals surface area contributed by atoms with E-state index >= 15 is 0 Å². The Morgan fingerprint density at radius 3 is 1.05 bits per heavy atom. The molecular weight excluding hydrogens is 1160 g/mol. The van der Waals surface area contributed by atoms with E-state index in [1.807, 2.05) is 36.7 Å². The van der Waals surface area contributed by atoms with Crippen LogP contribution in [0.4, 0.5) is 5.69 Å². The quantitative estimate of drug-likeness (QED) is 0.161. The Balaban J connectivity index is 0.861. The van der Waals surface area contributed by atoms with E-state index in [9.17, 15) is 5.26 Å². The van der Waals surface area contributed by atoms with Gasteiger partial charge in [0.1, 0.15) is 11.5 Å². The molecule has 0 atom stereocenters. The van der Waals surface area contributed by atoms with Crippen molar-refractivity contribution in [2.75, 3.05) is 0 Å². The van der Waals surface area contributed by atoms with Gasteiger partial charge >= 0.3 is 0 Å². The number of para-hydroxylation sites is 7. The van der Waals surface area contributed by atoms with Crippen LogP contribution in [0.15, 0.2) is 285 Å². The maximum absolute atomic E-state index is 10.5. The Kier molecular flexibility index (Phi) is 10.2. The largest absolute Gasteiger partial charge is 0.457 e. The van der Waals surface area contributed by atoms with Crippen LogP contribution in [0.25, 0.3) is 154 Å². The first-order valence-corrected chi connectivity index (χ1v) is 31.9. The first kappa shape index (κ1) is 51.5. The lowest BCUT2D eigenvalue weighted by atomic mass is 9.66. The molecule has 0 bridgehead atoms. The average molecular weight is 1210 g/mol. The minimum Gasteiger partial charge on any atom is -0.457 e. The molecule has 21 rings (SSSR count). The lowest BCUT2D eigenvalue weighted by molar-refractivity contribution is 0.436. The van der Waals surface area contributed by atoms with Crippen LogP contribution >= 0.6 is 0 Å². The Morgan fingerprint density at radius 1 is 0.316 bits per heavy atom. The molecule has 0 amide bonds. The Morgan fingerprint density at radius 2 is 0.642 bits per heavy atom. The topological polar surface area (TPSA) is 87.8 Å². The number of aromatic nitrogens is 7. The number of hydrogen-bond donors (Lipinski definition) is 0. The number of nitrogens with zero attached hydrogens (tertiary/aromatic N) is 9. The zero-order valence-electron chi connectivity index (χ0n) is 50.6. The molecule has 12 aromatic carbocycles. The van der Waals surface area contributed by atoms with Crippen molar-refractivity contribution < 1.29 is 4.74 Å². The molecule has 0 radical (unpaired) electrons. The molecule has 7 aromatic heterocycles. The molecule has 10 nitrogen and oxygen atoms in total. The summed E-state index contributed by atoms with van der Waals surface area (Å²) in [6.45, 7) is 8.01. The predicted molar refractivity (Wildman–Crippen MR) is 382 cm³/mol. The summed E-state index contributed by atoms with van der Waals surface area (Å²) in [6.07, 6.45) is 4.04. The molecule has 0 saturated heterocycles. The first-order valence-electron chi connectivity index (χ1n) is 31.9. The van der Waals surface area contributed by atoms with Crippen LogP contribution in [0.2, 0.25) is 0 Å². The number of ether oxygens (including phenoxy) is 1. The van der Waals surface area contributed by atoms with E-state index < -0.39 is 5.41 Å². The molecule has 0 unspecified atom stereocenters. The van der Waals surface area contributed by atoms with E-state index in [0.717, 1.165) is 160 Å². The van der Waals surface area contributed by atoms with Crippen molar-refractivity contribution in [3.8, 4) is 57.4 Å². The molecule has 0 N–H and O–H groups in total. The smallest absolute Gasteiger partial charge is 0.188 e. The molecule has 1 aliphatic heterocycles. The highest BCUT2D eigenvalue weighted by molar-refractivity contribution is 6.15. The van der Waals surface area contributed by atoms with Crippen molar-refractivity contribution in [2.45, 2.75) is 5.41 Å². The second-order valence-electron chi connectivity index (χ2n) is 25.0. The molecule has 8 heterocycles. The molecule has 0 saturated carbocycles. The van der Waals surface area contributed by atoms with Gasteiger partial charge in [-0.15, -0.1) is 0 Å². The minimum atomic E-state index is -1.08. The van der Waals surface area contributed by atoms with Gasteiger partial charge in [-0.25, -0.2) is 4.85 Å². The van der Waals surface area contributed by atoms with Crippen LogP contribution in [-0.2, 0) is 5.41 Å². The third-order valence-electron chi connectivity index (χ3n) is 20.4. The van der Waals surface area contributed by atoms with Crippen LogP contribution in [0.1, 0.15) is 27.8 Å². The number of rotatable bonds is 5. The SMILES string of the molecule is [C-]#[N+]c1ccc2c(c1)c1ccccc1n2-c1ccc2c(c1)Oc1cc(-n3c4ccc(C#N)cc4c4cc(-n5c6ccccc6c6ccccc65)ccc43)ccc1C21c2cc(-n3c4ccccc4c4ccccc43)cnc2-c2ncc(-n3c4ccccc4c4ccccc43)cc21. The molecule has 19 aromatic rings. The maximum Gasteiger partial charge on any atom is 0.188 e. The van der Waals surface area contributed by atoms with Gasteiger partial charge in [-0.3, -0.25) is 9.97 Å². The fourth-order valence-corrected chi connectivity index (χ4v) is 16.6. The predicted octanol–water partition coefficient (Wildman–Crippen LogP) is 20.9. The second kappa shape index (κ2) is 18.9. The third-order valence-corrected chi connectivity index (χ3v) is 20.4. The van der Waals surface area contributed by atoms with Crippen LogP contribution in [0.3, 0.4) is 0 Å². The maximum atomic E-state index is 10.5. The zero-order valence-corrected chi connectivity index (χ0v) is 50.6. The molecule has 2 aliphatic rings. The standard InChI is InChI=1S/C85H47N9O/c1-87-51-31-38-79-65(41-51)63-22-8-15-29-77(63)91(79)53-32-35-67-81(45-53)95-82-46-54(92-78-37-30-50(47-86)40-64(78)66-42-52(34-39-80(66)92)90-71-23-9-2-16-57(71)58-17-3-10-24-72(58)90)33-36-68(82)85(67)69-43-55(93-73-25-11-4-18-59(73)60-19-5-12-26-74(60)93)48-88-83(69)84-70(85)44-56(49-89-84)94-75-27-13-6-20-61(75)62-21-7-14-28-76(62)94/h2-46,48-49H. The summed E-state index contributed by atoms with van der Waals surface area (Å²) in [5.41, 5.74) is 20.7. The van der Waals surface area contributed by atoms with E-state index in [2.05, 4.69) is 282 Å². The lowest BCUT2D eigenvalue weighted by Crippen LogP contribution is -2.32. The van der Waals surface area contributed by atoms with E-state index in [1.54, 1.807) is 0 Å². The van der Waals surface area contributed by atoms with Gasteiger partial charge in [-0.05, 0) is 121 Å². The monoisotopic (exact) mass is 1210 g/mol. The number of pyridine rings is 2. The van der Waals surface area contributed by atoms with E-state index in [4.69, 9.17) is 21.3 Å². The van der Waals surface area contributed by atoms with Crippen molar-refractivity contribution in [1.82, 2.24) is 32.8 Å². The van der Waals surface area contributed by atoms with Crippen LogP contribution in [0.5, 0.6) is 11.5 Å². The van der Waals surface area contributed by atoms with E-state index in [0.29, 0.717) is 22.7 Å². The average Bonchev–Trinajstić information content (AvgIpc) is 1.56. The number of benzene rings is 12. The van der Waals surface area contributed by atoms with E-state index in [-0.39, 0.29) is 0 Å². The second-order valence-corrected chi connectivity index (χ2v) is 25.0. The van der Waals surface area contributed by atoms with Crippen LogP contribution in [0, 0.1) is 17.9 Å². The highest BCUT2D eigenvalue weighted by atomic mass is 16.5. The molecule has 95 heavy (non-hydrogen) atoms. The van der Waals surface area contributed by atoms with Gasteiger partial charge in [0.05, 0.1) is 114 Å². The molecule has 438 valence electrons. The number of nitriles is 1. The normalized spacial score (nSPS) is 13.0. The van der Waals surface area contributed by atoms with Gasteiger partial charge in [-0.2, -0.15) is 5.26 Å². The summed E-state index contributed by atoms with van der Waals surface area (Å²) in [5.74, 6) is 1.35. The summed E-state index contributed by atoms with van der Waals surface area (Å²) in [5, 5.41) is 21.6. The summed E-state index contributed by atoms with van der Waals surface area (Å²) in [7, 11) is 0. The van der Waals surface area contributed by atoms with Gasteiger partial charge in [0.15, 0.2) is 5.69 Å². The Bertz CT molecular complexity index is 6430. The molecular formula is C85H47N9O. The van der Waals surface area contributed by atoms with Gasteiger partial charge in [-0.1, -0.05) is 146 Å². The van der Waals surface area contributed by atoms with Crippen molar-refractivity contribution in [3.05, 3.63) is 325 Å². The summed E-state index contributed by atoms with van der Waals surface area (Å²) in [6, 6.07) is 99.5. The molecule has 0 fully saturated rings. The fourth-order valence-electron chi connectivity index (χ4n) is 16.6. The highest BCUT2D eigenvalue weighted by Crippen LogP contribution is 2.63. The van der Waals surface area contributed by atoms with Crippen molar-refractivity contribution in [2.24, 2.45) is 0 Å². The van der Waals surface area contributed by atoms with Crippen molar-refractivity contribution in [3.63, 3.8) is 0 Å². The Labute approximate surface area is 541 Å². The first-order chi connectivity index (χ1) is 47.0. The number of hydrogen-bond acceptors (Lipinski definition) is 4. The summed E-state index contributed by atoms with van der Waals surface area (Å²) >= 11 is 0. The highest BCUT2D eigenvalue weighted by Gasteiger charge is 2.53. The van der Waals surface area contributed by atoms with Gasteiger partial charge in [0.2, 0.25) is 0 Å². The van der Waals surface area contributed by atoms with Gasteiger partial charge < -0.3 is 27.6 Å². The summed E-state index contributed by atoms with van der Waals surface area (Å²) in [4.78, 5) is 15.1. The van der Waals surface area contributed by atoms with Gasteiger partial charge in [0, 0.05) is 99.9 Å². The fraction of sp³-hybridized carbons (Fsp3) is 0.0118. The number of fused-ring (bicyclic) bond motifs is 24. The minimum absolute atomic E-state index is 0.582. The zero-order chi connectivity index (χ0) is 62.4. The van der Waals surface area contributed by atoms with E-state index in [1.165, 1.54) is 10.8 Å². The summed E-state index contributed by atoms with van der Waals surface area (Å²) < 4.78 is 19.4. The Hall–Kier alpha value is -13.3. The van der Waals surface area contributed by atoms with Gasteiger partial charge in [0.25, 0.3) is 0 Å². The van der Waals surface area contributed by atoms with Crippen LogP contribution in [-0.4, -0.2) is 32.8 Å². The molecule has 1 spiro atoms. The molecule has 1 aliphatic carbocycles. The van der Waals surface area contributed by atoms with Crippen LogP contribution < -0.4 is 4.74 Å². The third kappa shape index (κ3) is 6.83. The lowest BCUT2D eigenvalue weighted by Gasteiger charge is -2.39.